The Morgan fingerprint density at radius 3 is 2.45 bits per heavy atom. The van der Waals surface area contributed by atoms with Crippen molar-refractivity contribution in [3.63, 3.8) is 0 Å². The number of hydrogen-bond donors (Lipinski definition) is 1. The van der Waals surface area contributed by atoms with Gasteiger partial charge in [0.05, 0.1) is 9.52 Å². The van der Waals surface area contributed by atoms with Gasteiger partial charge in [0.2, 0.25) is 0 Å². The average molecular weight is 331 g/mol. The predicted molar refractivity (Wildman–Crippen MR) is 101 cm³/mol. The van der Waals surface area contributed by atoms with Crippen LogP contribution in [-0.4, -0.2) is 20.0 Å². The molecule has 0 unspecified atom stereocenters. The van der Waals surface area contributed by atoms with E-state index in [1.165, 1.54) is 25.7 Å². The lowest BCUT2D eigenvalue weighted by atomic mass is 10.00. The molecule has 0 aliphatic rings. The van der Waals surface area contributed by atoms with Crippen LogP contribution in [0.25, 0.3) is 0 Å². The zero-order valence-corrected chi connectivity index (χ0v) is 15.9. The maximum absolute atomic E-state index is 9.86. The minimum atomic E-state index is -0.307. The van der Waals surface area contributed by atoms with Gasteiger partial charge in [0.1, 0.15) is 5.75 Å². The molecule has 0 atom stereocenters. The van der Waals surface area contributed by atoms with Crippen molar-refractivity contribution in [1.82, 2.24) is 0 Å². The van der Waals surface area contributed by atoms with Crippen molar-refractivity contribution in [3.8, 4) is 5.75 Å². The number of phenols is 1. The molecule has 0 aliphatic heterocycles. The average Bonchev–Trinajstić information content (AvgIpc) is 2.52. The van der Waals surface area contributed by atoms with E-state index < -0.39 is 0 Å². The third-order valence-corrected chi connectivity index (χ3v) is 7.37. The van der Waals surface area contributed by atoms with Crippen LogP contribution >= 0.6 is 11.8 Å². The Morgan fingerprint density at radius 1 is 0.955 bits per heavy atom. The molecule has 1 nitrogen and oxygen atoms in total. The number of thioether (sulfide) groups is 1. The highest BCUT2D eigenvalue weighted by Crippen LogP contribution is 2.27. The van der Waals surface area contributed by atoms with Gasteiger partial charge in [0.15, 0.2) is 0 Å². The zero-order valence-electron chi connectivity index (χ0n) is 13.6. The molecule has 3 heteroatoms. The van der Waals surface area contributed by atoms with E-state index in [-0.39, 0.29) is 9.52 Å². The fourth-order valence-electron chi connectivity index (χ4n) is 2.85. The van der Waals surface area contributed by atoms with Crippen molar-refractivity contribution in [1.29, 1.82) is 0 Å². The zero-order chi connectivity index (χ0) is 15.8. The van der Waals surface area contributed by atoms with Gasteiger partial charge in [-0.3, -0.25) is 0 Å². The summed E-state index contributed by atoms with van der Waals surface area (Å²) in [6, 6.07) is 14.5. The molecule has 0 bridgehead atoms. The highest BCUT2D eigenvalue weighted by molar-refractivity contribution is 8.00. The first-order chi connectivity index (χ1) is 10.8. The van der Waals surface area contributed by atoms with Crippen LogP contribution in [0.1, 0.15) is 37.8 Å². The topological polar surface area (TPSA) is 20.2 Å². The number of aromatic hydroxyl groups is 1. The van der Waals surface area contributed by atoms with E-state index >= 15 is 0 Å². The quantitative estimate of drug-likeness (QED) is 0.586. The van der Waals surface area contributed by atoms with Gasteiger partial charge in [0.25, 0.3) is 0 Å². The standard InChI is InChI=1S/C19H26OSSi/c1-3-8-15-10-7-13-19(16(15)9-4-2)22-14-21-18-12-6-5-11-17(18)20/h5-7,10-13,20H,3-4,8-9,14,22H2,1-2H3. The molecule has 2 aromatic carbocycles. The molecule has 0 fully saturated rings. The van der Waals surface area contributed by atoms with Crippen molar-refractivity contribution < 1.29 is 5.11 Å². The summed E-state index contributed by atoms with van der Waals surface area (Å²) in [6.45, 7) is 4.53. The second-order valence-corrected chi connectivity index (χ2v) is 9.24. The maximum atomic E-state index is 9.86. The van der Waals surface area contributed by atoms with Gasteiger partial charge in [0, 0.05) is 4.90 Å². The van der Waals surface area contributed by atoms with Crippen LogP contribution in [0.2, 0.25) is 0 Å². The smallest absolute Gasteiger partial charge is 0.129 e. The Morgan fingerprint density at radius 2 is 1.73 bits per heavy atom. The lowest BCUT2D eigenvalue weighted by molar-refractivity contribution is 0.462. The normalized spacial score (nSPS) is 11.4. The maximum Gasteiger partial charge on any atom is 0.129 e. The number of benzene rings is 2. The second kappa shape index (κ2) is 9.06. The molecule has 0 aliphatic carbocycles. The summed E-state index contributed by atoms with van der Waals surface area (Å²) in [5.41, 5.74) is 3.18. The number of phenolic OH excluding ortho intramolecular Hbond substituents is 1. The molecule has 0 saturated carbocycles. The third kappa shape index (κ3) is 4.65. The van der Waals surface area contributed by atoms with Gasteiger partial charge in [-0.25, -0.2) is 0 Å². The van der Waals surface area contributed by atoms with Crippen LogP contribution < -0.4 is 5.19 Å². The van der Waals surface area contributed by atoms with E-state index in [4.69, 9.17) is 0 Å². The van der Waals surface area contributed by atoms with E-state index in [1.54, 1.807) is 34.1 Å². The summed E-state index contributed by atoms with van der Waals surface area (Å²) in [5, 5.41) is 12.6. The fraction of sp³-hybridized carbons (Fsp3) is 0.368. The molecule has 2 rings (SSSR count). The van der Waals surface area contributed by atoms with Gasteiger partial charge in [-0.15, -0.1) is 11.8 Å². The largest absolute Gasteiger partial charge is 0.507 e. The van der Waals surface area contributed by atoms with E-state index in [0.717, 1.165) is 10.3 Å². The Bertz CT molecular complexity index is 598. The first kappa shape index (κ1) is 17.2. The lowest BCUT2D eigenvalue weighted by Crippen LogP contribution is -2.23. The van der Waals surface area contributed by atoms with E-state index in [9.17, 15) is 5.11 Å². The van der Waals surface area contributed by atoms with Crippen molar-refractivity contribution >= 4 is 26.5 Å². The number of para-hydroxylation sites is 1. The molecule has 0 aromatic heterocycles. The Balaban J connectivity index is 2.05. The molecule has 1 N–H and O–H groups in total. The van der Waals surface area contributed by atoms with Crippen LogP contribution in [0.4, 0.5) is 0 Å². The van der Waals surface area contributed by atoms with Crippen LogP contribution in [0.3, 0.4) is 0 Å². The van der Waals surface area contributed by atoms with Crippen LogP contribution in [0.5, 0.6) is 5.75 Å². The van der Waals surface area contributed by atoms with Crippen molar-refractivity contribution in [3.05, 3.63) is 53.6 Å². The van der Waals surface area contributed by atoms with E-state index in [1.807, 2.05) is 18.2 Å². The third-order valence-electron chi connectivity index (χ3n) is 3.88. The number of aryl methyl sites for hydroxylation is 1. The first-order valence-corrected chi connectivity index (χ1v) is 11.0. The van der Waals surface area contributed by atoms with Crippen molar-refractivity contribution in [2.45, 2.75) is 44.4 Å². The fourth-order valence-corrected chi connectivity index (χ4v) is 6.41. The van der Waals surface area contributed by atoms with Gasteiger partial charge in [-0.05, 0) is 41.5 Å². The molecular formula is C19H26OSSi. The van der Waals surface area contributed by atoms with Crippen LogP contribution in [0.15, 0.2) is 47.4 Å². The number of hydrogen-bond acceptors (Lipinski definition) is 2. The first-order valence-electron chi connectivity index (χ1n) is 8.26. The SMILES string of the molecule is CCCc1cccc([SiH2]CSc2ccccc2O)c1CCC. The van der Waals surface area contributed by atoms with Crippen LogP contribution in [0, 0.1) is 0 Å². The Kier molecular flexibility index (Phi) is 7.07. The van der Waals surface area contributed by atoms with E-state index in [2.05, 4.69) is 32.0 Å². The second-order valence-electron chi connectivity index (χ2n) is 5.62. The molecule has 0 heterocycles. The molecule has 118 valence electrons. The summed E-state index contributed by atoms with van der Waals surface area (Å²) < 4.78 is 0. The van der Waals surface area contributed by atoms with Crippen molar-refractivity contribution in [2.24, 2.45) is 0 Å². The minimum Gasteiger partial charge on any atom is -0.507 e. The summed E-state index contributed by atoms with van der Waals surface area (Å²) in [6.07, 6.45) is 4.84. The van der Waals surface area contributed by atoms with Gasteiger partial charge in [-0.2, -0.15) is 0 Å². The highest BCUT2D eigenvalue weighted by Gasteiger charge is 2.08. The highest BCUT2D eigenvalue weighted by atomic mass is 32.2. The number of rotatable bonds is 8. The van der Waals surface area contributed by atoms with Crippen molar-refractivity contribution in [2.75, 3.05) is 5.38 Å². The predicted octanol–water partition coefficient (Wildman–Crippen LogP) is 3.84. The lowest BCUT2D eigenvalue weighted by Gasteiger charge is -2.14. The molecule has 0 radical (unpaired) electrons. The monoisotopic (exact) mass is 330 g/mol. The molecule has 22 heavy (non-hydrogen) atoms. The summed E-state index contributed by atoms with van der Waals surface area (Å²) >= 11 is 1.80. The summed E-state index contributed by atoms with van der Waals surface area (Å²) in [4.78, 5) is 1.01. The van der Waals surface area contributed by atoms with Crippen LogP contribution in [-0.2, 0) is 12.8 Å². The van der Waals surface area contributed by atoms with E-state index in [0.29, 0.717) is 5.75 Å². The Hall–Kier alpha value is -1.19. The minimum absolute atomic E-state index is 0.307. The Labute approximate surface area is 141 Å². The molecule has 0 saturated heterocycles. The molecule has 2 aromatic rings. The summed E-state index contributed by atoms with van der Waals surface area (Å²) in [7, 11) is -0.307. The van der Waals surface area contributed by atoms with Gasteiger partial charge >= 0.3 is 0 Å². The summed E-state index contributed by atoms with van der Waals surface area (Å²) in [5.74, 6) is 0.412. The molecule has 0 amide bonds. The molecule has 0 spiro atoms. The molecular weight excluding hydrogens is 304 g/mol. The van der Waals surface area contributed by atoms with Gasteiger partial charge < -0.3 is 5.11 Å². The van der Waals surface area contributed by atoms with Gasteiger partial charge in [-0.1, -0.05) is 62.2 Å².